The number of piperidine rings is 3. The Morgan fingerprint density at radius 1 is 0.463 bits per heavy atom. The Labute approximate surface area is 568 Å². The molecule has 3 saturated heterocycles. The van der Waals surface area contributed by atoms with Crippen molar-refractivity contribution in [1.29, 1.82) is 0 Å². The summed E-state index contributed by atoms with van der Waals surface area (Å²) in [7, 11) is 8.31. The van der Waals surface area contributed by atoms with Gasteiger partial charge < -0.3 is 39.5 Å². The molecule has 0 unspecified atom stereocenters. The number of hydrogen-bond donors (Lipinski definition) is 3. The molecule has 3 fully saturated rings. The smallest absolute Gasteiger partial charge is 0.186 e. The molecule has 0 atom stereocenters. The number of nitrogens with zero attached hydrogens (tertiary/aromatic N) is 15. The van der Waals surface area contributed by atoms with Crippen LogP contribution in [0.2, 0.25) is 0 Å². The van der Waals surface area contributed by atoms with E-state index in [0.717, 1.165) is 143 Å². The number of aromatic nitrogens is 12. The lowest BCUT2D eigenvalue weighted by Crippen LogP contribution is -2.61. The fourth-order valence-electron chi connectivity index (χ4n) is 15.6. The Kier molecular flexibility index (Phi) is 16.8. The first-order valence-corrected chi connectivity index (χ1v) is 35.4. The molecule has 22 heteroatoms. The summed E-state index contributed by atoms with van der Waals surface area (Å²) in [6.45, 7) is 33.6. The van der Waals surface area contributed by atoms with E-state index in [-0.39, 0.29) is 39.1 Å². The number of hydrogen-bond acceptors (Lipinski definition) is 18. The lowest BCUT2D eigenvalue weighted by molar-refractivity contribution is 0.160. The summed E-state index contributed by atoms with van der Waals surface area (Å²) in [6, 6.07) is 17.4. The van der Waals surface area contributed by atoms with Crippen molar-refractivity contribution in [3.63, 3.8) is 0 Å². The highest BCUT2D eigenvalue weighted by atomic mass is 32.1. The maximum atomic E-state index is 14.6. The van der Waals surface area contributed by atoms with Gasteiger partial charge in [0.2, 0.25) is 0 Å². The maximum Gasteiger partial charge on any atom is 0.186 e. The van der Waals surface area contributed by atoms with Crippen LogP contribution in [0.3, 0.4) is 0 Å². The van der Waals surface area contributed by atoms with E-state index in [1.807, 2.05) is 56.8 Å². The van der Waals surface area contributed by atoms with Crippen molar-refractivity contribution >= 4 is 102 Å². The van der Waals surface area contributed by atoms with Gasteiger partial charge in [-0.05, 0) is 196 Å². The molecule has 0 radical (unpaired) electrons. The fourth-order valence-corrected chi connectivity index (χ4v) is 18.7. The van der Waals surface area contributed by atoms with Crippen molar-refractivity contribution in [2.45, 2.75) is 194 Å². The lowest BCUT2D eigenvalue weighted by Gasteiger charge is -2.49. The zero-order chi connectivity index (χ0) is 67.6. The van der Waals surface area contributed by atoms with E-state index >= 15 is 0 Å². The van der Waals surface area contributed by atoms with Crippen molar-refractivity contribution in [1.82, 2.24) is 74.4 Å². The number of thiazole rings is 3. The molecule has 3 N–H and O–H groups in total. The van der Waals surface area contributed by atoms with Gasteiger partial charge in [0.1, 0.15) is 33.4 Å². The first-order chi connectivity index (χ1) is 44.6. The highest BCUT2D eigenvalue weighted by molar-refractivity contribution is 7.23. The van der Waals surface area contributed by atoms with Gasteiger partial charge in [0.25, 0.3) is 0 Å². The van der Waals surface area contributed by atoms with Gasteiger partial charge >= 0.3 is 0 Å². The molecule has 498 valence electrons. The van der Waals surface area contributed by atoms with E-state index in [0.29, 0.717) is 23.6 Å². The average Bonchev–Trinajstić information content (AvgIpc) is 1.69. The molecular weight excluding hydrogens is 1240 g/mol. The molecule has 0 saturated carbocycles. The number of rotatable bonds is 9. The van der Waals surface area contributed by atoms with Crippen molar-refractivity contribution in [2.75, 3.05) is 35.8 Å². The van der Waals surface area contributed by atoms with Crippen LogP contribution < -0.4 is 30.7 Å². The minimum Gasteiger partial charge on any atom is -0.348 e. The van der Waals surface area contributed by atoms with Crippen LogP contribution in [0.15, 0.2) is 98.1 Å². The number of halogens is 1. The van der Waals surface area contributed by atoms with Crippen LogP contribution in [0.5, 0.6) is 0 Å². The molecule has 0 bridgehead atoms. The van der Waals surface area contributed by atoms with Crippen molar-refractivity contribution in [3.05, 3.63) is 121 Å². The summed E-state index contributed by atoms with van der Waals surface area (Å²) in [5.74, 6) is -0.333. The van der Waals surface area contributed by atoms with E-state index in [2.05, 4.69) is 214 Å². The van der Waals surface area contributed by atoms with E-state index in [1.165, 1.54) is 15.5 Å². The molecule has 0 spiro atoms. The summed E-state index contributed by atoms with van der Waals surface area (Å²) in [5.41, 5.74) is 14.5. The van der Waals surface area contributed by atoms with E-state index in [9.17, 15) is 4.39 Å². The number of anilines is 3. The third-order valence-electron chi connectivity index (χ3n) is 18.8. The molecule has 11 aromatic heterocycles. The van der Waals surface area contributed by atoms with Crippen LogP contribution in [-0.2, 0) is 7.05 Å². The molecule has 1 aromatic carbocycles. The lowest BCUT2D eigenvalue weighted by atomic mass is 9.79. The molecule has 0 aliphatic carbocycles. The highest BCUT2D eigenvalue weighted by Crippen LogP contribution is 2.41. The molecule has 18 nitrogen and oxygen atoms in total. The second-order valence-electron chi connectivity index (χ2n) is 31.1. The highest BCUT2D eigenvalue weighted by Gasteiger charge is 2.42. The Morgan fingerprint density at radius 3 is 1.32 bits per heavy atom. The van der Waals surface area contributed by atoms with Crippen LogP contribution in [0.4, 0.5) is 19.8 Å². The standard InChI is InChI=1S/C25H32N6S.C24H29FN6S.C24H30N6S/c1-15-8-17(14-31-13-16(2)27-22(15)31)19-9-21-20(12-26-19)28-23(32-21)30(7)18-10-24(3,4)29-25(5,6)11-18;1-23(2)10-16(11-24(3,4)29-23)31(6)22-27-19-12-26-18(9-20(19)32-22)14-7-15-13-30(5)28-21(15)17(25)8-14;1-15-13-30-14-16(7-8-21(30)26-15)18-9-20-19(12-25-18)27-22(31-20)29(6)17-10-23(2,3)28-24(4,5)11-17/h8-9,12-14,18,29H,10-11H2,1-7H3;7-9,12-13,16,29H,10-11H2,1-6H3;7-9,12-14,17,28H,10-11H2,1-6H3. The number of imidazole rings is 2. The number of aryl methyl sites for hydroxylation is 4. The second-order valence-corrected chi connectivity index (χ2v) is 34.1. The van der Waals surface area contributed by atoms with Gasteiger partial charge in [-0.1, -0.05) is 34.0 Å². The molecule has 14 heterocycles. The molecule has 95 heavy (non-hydrogen) atoms. The van der Waals surface area contributed by atoms with Gasteiger partial charge in [0, 0.05) is 133 Å². The quantitative estimate of drug-likeness (QED) is 0.124. The first-order valence-electron chi connectivity index (χ1n) is 33.0. The van der Waals surface area contributed by atoms with Gasteiger partial charge in [0.15, 0.2) is 21.2 Å². The normalized spacial score (nSPS) is 18.5. The number of nitrogens with one attached hydrogen (secondary N) is 3. The minimum atomic E-state index is -0.333. The average molecular weight is 1340 g/mol. The fraction of sp³-hybridized carbons (Fsp3) is 0.466. The summed E-state index contributed by atoms with van der Waals surface area (Å²) in [4.78, 5) is 44.9. The number of fused-ring (bicyclic) bond motifs is 6. The van der Waals surface area contributed by atoms with Gasteiger partial charge in [-0.25, -0.2) is 29.3 Å². The van der Waals surface area contributed by atoms with Crippen LogP contribution in [0, 0.1) is 26.6 Å². The number of pyridine rings is 5. The van der Waals surface area contributed by atoms with Gasteiger partial charge in [0.05, 0.1) is 61.2 Å². The predicted molar refractivity (Wildman–Crippen MR) is 393 cm³/mol. The van der Waals surface area contributed by atoms with Crippen molar-refractivity contribution in [3.8, 4) is 33.8 Å². The summed E-state index contributed by atoms with van der Waals surface area (Å²) in [6.07, 6.45) is 22.2. The summed E-state index contributed by atoms with van der Waals surface area (Å²) >= 11 is 5.17. The van der Waals surface area contributed by atoms with Crippen LogP contribution >= 0.6 is 34.0 Å². The SMILES string of the molecule is CN(c1nc2cnc(-c3cc(F)c4nn(C)cc4c3)cc2s1)C1CC(C)(C)NC(C)(C)C1.Cc1cn2cc(-c3cc4sc(N(C)C5CC(C)(C)NC(C)(C)C5)nc4cn3)cc(C)c2n1.Cc1cn2cc(-c3cc4sc(N(C)C5CC(C)(C)NC(C)(C)C5)nc4cn3)ccc2n1. The van der Waals surface area contributed by atoms with E-state index < -0.39 is 0 Å². The van der Waals surface area contributed by atoms with Crippen LogP contribution in [0.25, 0.3) is 86.6 Å². The third-order valence-corrected chi connectivity index (χ3v) is 22.2. The second kappa shape index (κ2) is 24.2. The van der Waals surface area contributed by atoms with Crippen molar-refractivity contribution < 1.29 is 4.39 Å². The maximum absolute atomic E-state index is 14.6. The van der Waals surface area contributed by atoms with Gasteiger partial charge in [-0.3, -0.25) is 19.6 Å². The first kappa shape index (κ1) is 66.0. The molecule has 12 aromatic rings. The molecule has 3 aliphatic rings. The topological polar surface area (TPSA) is 176 Å². The Hall–Kier alpha value is -7.60. The van der Waals surface area contributed by atoms with Gasteiger partial charge in [-0.15, -0.1) is 0 Å². The van der Waals surface area contributed by atoms with E-state index in [1.54, 1.807) is 51.9 Å². The molecular formula is C73H91FN18S3. The Bertz CT molecular complexity index is 4610. The monoisotopic (exact) mass is 1330 g/mol. The number of benzene rings is 1. The molecule has 0 amide bonds. The summed E-state index contributed by atoms with van der Waals surface area (Å²) in [5, 5.41) is 19.4. The summed E-state index contributed by atoms with van der Waals surface area (Å²) < 4.78 is 23.7. The third kappa shape index (κ3) is 14.2. The Balaban J connectivity index is 0.000000129. The van der Waals surface area contributed by atoms with Crippen LogP contribution in [-0.4, -0.2) is 131 Å². The van der Waals surface area contributed by atoms with Crippen molar-refractivity contribution in [2.24, 2.45) is 7.05 Å². The molecule has 15 rings (SSSR count). The Morgan fingerprint density at radius 2 is 0.863 bits per heavy atom. The zero-order valence-corrected chi connectivity index (χ0v) is 61.0. The van der Waals surface area contributed by atoms with E-state index in [4.69, 9.17) is 24.9 Å². The van der Waals surface area contributed by atoms with Gasteiger partial charge in [-0.2, -0.15) is 5.10 Å². The van der Waals surface area contributed by atoms with Crippen LogP contribution in [0.1, 0.15) is 139 Å². The zero-order valence-electron chi connectivity index (χ0n) is 58.5. The largest absolute Gasteiger partial charge is 0.348 e. The minimum absolute atomic E-state index is 0.0705. The molecule has 3 aliphatic heterocycles. The predicted octanol–water partition coefficient (Wildman–Crippen LogP) is 15.6.